The smallest absolute Gasteiger partial charge is 0.131 e. The van der Waals surface area contributed by atoms with Crippen molar-refractivity contribution >= 4 is 11.6 Å². The maximum atomic E-state index is 5.54. The van der Waals surface area contributed by atoms with Crippen molar-refractivity contribution in [1.29, 1.82) is 0 Å². The zero-order valence-corrected chi connectivity index (χ0v) is 7.63. The number of hydrogen-bond acceptors (Lipinski definition) is 4. The third-order valence-corrected chi connectivity index (χ3v) is 1.29. The summed E-state index contributed by atoms with van der Waals surface area (Å²) >= 11 is 0. The third-order valence-electron chi connectivity index (χ3n) is 1.29. The Morgan fingerprint density at radius 1 is 1.42 bits per heavy atom. The van der Waals surface area contributed by atoms with Crippen molar-refractivity contribution in [2.75, 3.05) is 11.1 Å². The number of nitrogens with zero attached hydrogens (tertiary/aromatic N) is 2. The molecule has 0 aliphatic carbocycles. The van der Waals surface area contributed by atoms with Crippen LogP contribution in [0.2, 0.25) is 0 Å². The van der Waals surface area contributed by atoms with Crippen molar-refractivity contribution in [3.8, 4) is 0 Å². The van der Waals surface area contributed by atoms with Crippen LogP contribution < -0.4 is 11.1 Å². The molecule has 0 saturated carbocycles. The molecule has 1 rings (SSSR count). The van der Waals surface area contributed by atoms with Gasteiger partial charge in [0.15, 0.2) is 0 Å². The lowest BCUT2D eigenvalue weighted by molar-refractivity contribution is 0.881. The first kappa shape index (κ1) is 8.77. The molecule has 0 aliphatic heterocycles. The third kappa shape index (κ3) is 2.38. The van der Waals surface area contributed by atoms with Crippen molar-refractivity contribution in [3.05, 3.63) is 11.9 Å². The number of nitrogen functional groups attached to an aromatic ring is 1. The average Bonchev–Trinajstić information content (AvgIpc) is 1.81. The first-order valence-electron chi connectivity index (χ1n) is 3.95. The van der Waals surface area contributed by atoms with Crippen LogP contribution in [0.3, 0.4) is 0 Å². The predicted molar refractivity (Wildman–Crippen MR) is 49.9 cm³/mol. The second kappa shape index (κ2) is 3.38. The lowest BCUT2D eigenvalue weighted by Crippen LogP contribution is -2.12. The highest BCUT2D eigenvalue weighted by atomic mass is 15.1. The van der Waals surface area contributed by atoms with Crippen molar-refractivity contribution in [2.24, 2.45) is 0 Å². The molecule has 0 fully saturated rings. The van der Waals surface area contributed by atoms with Gasteiger partial charge in [0.2, 0.25) is 0 Å². The van der Waals surface area contributed by atoms with E-state index >= 15 is 0 Å². The fourth-order valence-corrected chi connectivity index (χ4v) is 0.960. The van der Waals surface area contributed by atoms with Gasteiger partial charge in [-0.2, -0.15) is 0 Å². The van der Waals surface area contributed by atoms with Gasteiger partial charge in [0, 0.05) is 12.1 Å². The summed E-state index contributed by atoms with van der Waals surface area (Å²) in [6.45, 7) is 5.92. The molecule has 0 unspecified atom stereocenters. The zero-order chi connectivity index (χ0) is 9.14. The highest BCUT2D eigenvalue weighted by molar-refractivity contribution is 5.44. The van der Waals surface area contributed by atoms with E-state index in [0.29, 0.717) is 17.7 Å². The molecule has 66 valence electrons. The number of hydrogen-bond donors (Lipinski definition) is 2. The maximum absolute atomic E-state index is 5.54. The fourth-order valence-electron chi connectivity index (χ4n) is 0.960. The molecule has 0 bridgehead atoms. The number of anilines is 2. The molecule has 0 aliphatic rings. The molecule has 0 spiro atoms. The van der Waals surface area contributed by atoms with Crippen LogP contribution in [0.1, 0.15) is 19.7 Å². The Morgan fingerprint density at radius 2 is 2.08 bits per heavy atom. The van der Waals surface area contributed by atoms with Crippen molar-refractivity contribution < 1.29 is 0 Å². The predicted octanol–water partition coefficient (Wildman–Crippen LogP) is 1.19. The number of rotatable bonds is 2. The summed E-state index contributed by atoms with van der Waals surface area (Å²) < 4.78 is 0. The summed E-state index contributed by atoms with van der Waals surface area (Å²) in [4.78, 5) is 8.14. The number of aryl methyl sites for hydroxylation is 1. The molecule has 1 heterocycles. The van der Waals surface area contributed by atoms with E-state index in [0.717, 1.165) is 5.82 Å². The van der Waals surface area contributed by atoms with Gasteiger partial charge >= 0.3 is 0 Å². The molecule has 0 radical (unpaired) electrons. The second-order valence-corrected chi connectivity index (χ2v) is 3.02. The summed E-state index contributed by atoms with van der Waals surface area (Å²) in [7, 11) is 0. The van der Waals surface area contributed by atoms with E-state index in [1.54, 1.807) is 6.07 Å². The quantitative estimate of drug-likeness (QED) is 0.692. The van der Waals surface area contributed by atoms with Crippen molar-refractivity contribution in [2.45, 2.75) is 26.8 Å². The molecule has 1 aromatic rings. The second-order valence-electron chi connectivity index (χ2n) is 3.02. The minimum atomic E-state index is 0.360. The van der Waals surface area contributed by atoms with E-state index in [1.165, 1.54) is 0 Å². The molecule has 0 atom stereocenters. The van der Waals surface area contributed by atoms with E-state index < -0.39 is 0 Å². The lowest BCUT2D eigenvalue weighted by atomic mass is 10.4. The van der Waals surface area contributed by atoms with Gasteiger partial charge < -0.3 is 11.1 Å². The zero-order valence-electron chi connectivity index (χ0n) is 7.63. The number of nitrogens with one attached hydrogen (secondary N) is 1. The first-order chi connectivity index (χ1) is 5.58. The molecule has 0 aromatic carbocycles. The minimum absolute atomic E-state index is 0.360. The molecule has 1 aromatic heterocycles. The van der Waals surface area contributed by atoms with Gasteiger partial charge in [0.05, 0.1) is 0 Å². The van der Waals surface area contributed by atoms with Crippen LogP contribution in [0.15, 0.2) is 6.07 Å². The molecule has 12 heavy (non-hydrogen) atoms. The van der Waals surface area contributed by atoms with Crippen LogP contribution >= 0.6 is 0 Å². The van der Waals surface area contributed by atoms with Gasteiger partial charge in [-0.1, -0.05) is 0 Å². The van der Waals surface area contributed by atoms with Crippen molar-refractivity contribution in [3.63, 3.8) is 0 Å². The summed E-state index contributed by atoms with van der Waals surface area (Å²) in [5, 5.41) is 3.16. The van der Waals surface area contributed by atoms with Crippen LogP contribution in [-0.4, -0.2) is 16.0 Å². The van der Waals surface area contributed by atoms with Gasteiger partial charge in [-0.05, 0) is 20.8 Å². The molecule has 3 N–H and O–H groups in total. The van der Waals surface area contributed by atoms with E-state index in [4.69, 9.17) is 5.73 Å². The van der Waals surface area contributed by atoms with Crippen molar-refractivity contribution in [1.82, 2.24) is 9.97 Å². The fraction of sp³-hybridized carbons (Fsp3) is 0.500. The highest BCUT2D eigenvalue weighted by Crippen LogP contribution is 2.08. The molecule has 4 nitrogen and oxygen atoms in total. The van der Waals surface area contributed by atoms with E-state index in [-0.39, 0.29) is 0 Å². The monoisotopic (exact) mass is 166 g/mol. The van der Waals surface area contributed by atoms with E-state index in [1.807, 2.05) is 20.8 Å². The maximum Gasteiger partial charge on any atom is 0.131 e. The molecular weight excluding hydrogens is 152 g/mol. The average molecular weight is 166 g/mol. The van der Waals surface area contributed by atoms with Gasteiger partial charge in [-0.15, -0.1) is 0 Å². The molecular formula is C8H14N4. The Kier molecular flexibility index (Phi) is 2.47. The Bertz CT molecular complexity index is 250. The Hall–Kier alpha value is -1.32. The lowest BCUT2D eigenvalue weighted by Gasteiger charge is -2.09. The number of nitrogens with two attached hydrogens (primary N) is 1. The van der Waals surface area contributed by atoms with Gasteiger partial charge in [-0.3, -0.25) is 0 Å². The first-order valence-corrected chi connectivity index (χ1v) is 3.95. The Balaban J connectivity index is 2.85. The van der Waals surface area contributed by atoms with E-state index in [2.05, 4.69) is 15.3 Å². The normalized spacial score (nSPS) is 10.3. The molecule has 0 saturated heterocycles. The summed E-state index contributed by atoms with van der Waals surface area (Å²) in [6, 6.07) is 2.09. The summed E-state index contributed by atoms with van der Waals surface area (Å²) in [6.07, 6.45) is 0. The summed E-state index contributed by atoms with van der Waals surface area (Å²) in [5.74, 6) is 1.99. The molecule has 0 amide bonds. The van der Waals surface area contributed by atoms with Gasteiger partial charge in [0.1, 0.15) is 17.5 Å². The van der Waals surface area contributed by atoms with Crippen LogP contribution in [0.4, 0.5) is 11.6 Å². The SMILES string of the molecule is Cc1nc(N)cc(NC(C)C)n1. The standard InChI is InChI=1S/C8H14N4/c1-5(2)10-8-4-7(9)11-6(3)12-8/h4-5H,1-3H3,(H3,9,10,11,12). The van der Waals surface area contributed by atoms with Crippen LogP contribution in [0.5, 0.6) is 0 Å². The van der Waals surface area contributed by atoms with Crippen LogP contribution in [0, 0.1) is 6.92 Å². The number of aromatic nitrogens is 2. The highest BCUT2D eigenvalue weighted by Gasteiger charge is 1.99. The topological polar surface area (TPSA) is 63.8 Å². The van der Waals surface area contributed by atoms with E-state index in [9.17, 15) is 0 Å². The summed E-state index contributed by atoms with van der Waals surface area (Å²) in [5.41, 5.74) is 5.54. The van der Waals surface area contributed by atoms with Gasteiger partial charge in [-0.25, -0.2) is 9.97 Å². The Labute approximate surface area is 72.2 Å². The van der Waals surface area contributed by atoms with Gasteiger partial charge in [0.25, 0.3) is 0 Å². The van der Waals surface area contributed by atoms with Crippen LogP contribution in [-0.2, 0) is 0 Å². The van der Waals surface area contributed by atoms with Crippen LogP contribution in [0.25, 0.3) is 0 Å². The minimum Gasteiger partial charge on any atom is -0.384 e. The molecule has 4 heteroatoms. The largest absolute Gasteiger partial charge is 0.384 e. The Morgan fingerprint density at radius 3 is 2.58 bits per heavy atom.